The average molecular weight is 440 g/mol. The number of rotatable bonds is 5. The van der Waals surface area contributed by atoms with Crippen molar-refractivity contribution in [1.29, 1.82) is 0 Å². The van der Waals surface area contributed by atoms with Crippen molar-refractivity contribution in [2.24, 2.45) is 0 Å². The maximum Gasteiger partial charge on any atom is 0.290 e. The minimum atomic E-state index is -3.19. The van der Waals surface area contributed by atoms with Crippen LogP contribution in [0, 0.1) is 6.92 Å². The Kier molecular flexibility index (Phi) is 5.71. The van der Waals surface area contributed by atoms with E-state index in [1.807, 2.05) is 37.3 Å². The molecule has 31 heavy (non-hydrogen) atoms. The molecule has 1 aromatic heterocycles. The van der Waals surface area contributed by atoms with Gasteiger partial charge in [0.05, 0.1) is 16.9 Å². The van der Waals surface area contributed by atoms with Gasteiger partial charge in [-0.05, 0) is 43.0 Å². The maximum absolute atomic E-state index is 13.4. The lowest BCUT2D eigenvalue weighted by Crippen LogP contribution is -2.40. The number of sulfone groups is 1. The van der Waals surface area contributed by atoms with Crippen LogP contribution in [0.25, 0.3) is 11.0 Å². The van der Waals surface area contributed by atoms with Crippen LogP contribution in [0.15, 0.2) is 57.7 Å². The van der Waals surface area contributed by atoms with Gasteiger partial charge in [0.1, 0.15) is 5.58 Å². The first-order valence-electron chi connectivity index (χ1n) is 10.4. The Bertz CT molecular complexity index is 1290. The fraction of sp³-hybridized carbons (Fsp3) is 0.333. The standard InChI is InChI=1S/C24H25NO5S/c1-3-17-5-7-18(8-6-17)14-25(19-10-11-31(28,29)15-19)24(27)23-13-21(26)20-12-16(2)4-9-22(20)30-23/h4-9,12-13,19H,3,10-11,14-15H2,1-2H3. The summed E-state index contributed by atoms with van der Waals surface area (Å²) in [6, 6.07) is 13.9. The van der Waals surface area contributed by atoms with E-state index in [1.165, 1.54) is 16.5 Å². The highest BCUT2D eigenvalue weighted by molar-refractivity contribution is 7.91. The third kappa shape index (κ3) is 4.56. The van der Waals surface area contributed by atoms with Crippen molar-refractivity contribution in [3.63, 3.8) is 0 Å². The van der Waals surface area contributed by atoms with E-state index in [0.29, 0.717) is 17.4 Å². The van der Waals surface area contributed by atoms with Gasteiger partial charge in [-0.15, -0.1) is 0 Å². The fourth-order valence-electron chi connectivity index (χ4n) is 3.98. The molecule has 1 atom stereocenters. The lowest BCUT2D eigenvalue weighted by molar-refractivity contribution is 0.0648. The Morgan fingerprint density at radius 2 is 1.81 bits per heavy atom. The first-order chi connectivity index (χ1) is 14.8. The zero-order valence-corrected chi connectivity index (χ0v) is 18.4. The van der Waals surface area contributed by atoms with Crippen molar-refractivity contribution < 1.29 is 17.6 Å². The average Bonchev–Trinajstić information content (AvgIpc) is 3.11. The summed E-state index contributed by atoms with van der Waals surface area (Å²) in [6.45, 7) is 4.19. The molecule has 3 aromatic rings. The Morgan fingerprint density at radius 1 is 1.10 bits per heavy atom. The molecule has 1 aliphatic rings. The van der Waals surface area contributed by atoms with E-state index in [1.54, 1.807) is 12.1 Å². The van der Waals surface area contributed by atoms with Crippen LogP contribution in [0.4, 0.5) is 0 Å². The van der Waals surface area contributed by atoms with Crippen molar-refractivity contribution in [3.8, 4) is 0 Å². The van der Waals surface area contributed by atoms with Gasteiger partial charge in [-0.3, -0.25) is 9.59 Å². The van der Waals surface area contributed by atoms with E-state index in [9.17, 15) is 18.0 Å². The molecule has 0 bridgehead atoms. The van der Waals surface area contributed by atoms with Crippen molar-refractivity contribution in [2.75, 3.05) is 11.5 Å². The number of nitrogens with zero attached hydrogens (tertiary/aromatic N) is 1. The zero-order chi connectivity index (χ0) is 22.2. The highest BCUT2D eigenvalue weighted by atomic mass is 32.2. The molecule has 0 spiro atoms. The molecule has 4 rings (SSSR count). The topological polar surface area (TPSA) is 84.7 Å². The van der Waals surface area contributed by atoms with E-state index >= 15 is 0 Å². The van der Waals surface area contributed by atoms with Gasteiger partial charge in [0.15, 0.2) is 21.0 Å². The third-order valence-electron chi connectivity index (χ3n) is 5.79. The Hall–Kier alpha value is -2.93. The number of carbonyl (C=O) groups is 1. The molecule has 0 aliphatic carbocycles. The molecule has 1 unspecified atom stereocenters. The van der Waals surface area contributed by atoms with Crippen LogP contribution in [0.5, 0.6) is 0 Å². The molecular weight excluding hydrogens is 414 g/mol. The smallest absolute Gasteiger partial charge is 0.290 e. The molecule has 0 saturated carbocycles. The van der Waals surface area contributed by atoms with Crippen molar-refractivity contribution >= 4 is 26.7 Å². The summed E-state index contributed by atoms with van der Waals surface area (Å²) >= 11 is 0. The predicted octanol–water partition coefficient (Wildman–Crippen LogP) is 3.49. The first-order valence-corrected chi connectivity index (χ1v) is 12.2. The van der Waals surface area contributed by atoms with Crippen molar-refractivity contribution in [1.82, 2.24) is 4.90 Å². The van der Waals surface area contributed by atoms with Crippen LogP contribution in [0.2, 0.25) is 0 Å². The van der Waals surface area contributed by atoms with Gasteiger partial charge in [0, 0.05) is 18.7 Å². The minimum Gasteiger partial charge on any atom is -0.451 e. The van der Waals surface area contributed by atoms with Crippen molar-refractivity contribution in [2.45, 2.75) is 39.3 Å². The van der Waals surface area contributed by atoms with Crippen LogP contribution in [0.1, 0.15) is 40.6 Å². The van der Waals surface area contributed by atoms with Crippen LogP contribution in [-0.4, -0.2) is 36.8 Å². The zero-order valence-electron chi connectivity index (χ0n) is 17.6. The lowest BCUT2D eigenvalue weighted by Gasteiger charge is -2.28. The summed E-state index contributed by atoms with van der Waals surface area (Å²) < 4.78 is 30.0. The van der Waals surface area contributed by atoms with Crippen LogP contribution in [-0.2, 0) is 22.8 Å². The fourth-order valence-corrected chi connectivity index (χ4v) is 5.71. The normalized spacial score (nSPS) is 17.7. The van der Waals surface area contributed by atoms with Crippen molar-refractivity contribution in [3.05, 3.63) is 81.2 Å². The maximum atomic E-state index is 13.4. The second-order valence-electron chi connectivity index (χ2n) is 8.13. The molecule has 0 N–H and O–H groups in total. The molecule has 2 heterocycles. The van der Waals surface area contributed by atoms with E-state index in [4.69, 9.17) is 4.42 Å². The SMILES string of the molecule is CCc1ccc(CN(C(=O)c2cc(=O)c3cc(C)ccc3o2)C2CCS(=O)(=O)C2)cc1. The summed E-state index contributed by atoms with van der Waals surface area (Å²) in [6.07, 6.45) is 1.28. The van der Waals surface area contributed by atoms with E-state index < -0.39 is 21.8 Å². The summed E-state index contributed by atoms with van der Waals surface area (Å²) in [5.41, 5.74) is 3.05. The summed E-state index contributed by atoms with van der Waals surface area (Å²) in [5.74, 6) is -0.572. The van der Waals surface area contributed by atoms with Gasteiger partial charge >= 0.3 is 0 Å². The van der Waals surface area contributed by atoms with E-state index in [0.717, 1.165) is 17.5 Å². The number of fused-ring (bicyclic) bond motifs is 1. The monoisotopic (exact) mass is 439 g/mol. The summed E-state index contributed by atoms with van der Waals surface area (Å²) in [5, 5.41) is 0.418. The quantitative estimate of drug-likeness (QED) is 0.608. The molecule has 1 fully saturated rings. The van der Waals surface area contributed by atoms with Gasteiger partial charge in [-0.2, -0.15) is 0 Å². The lowest BCUT2D eigenvalue weighted by atomic mass is 10.1. The first kappa shape index (κ1) is 21.3. The largest absolute Gasteiger partial charge is 0.451 e. The summed E-state index contributed by atoms with van der Waals surface area (Å²) in [7, 11) is -3.19. The molecule has 2 aromatic carbocycles. The highest BCUT2D eigenvalue weighted by Gasteiger charge is 2.36. The van der Waals surface area contributed by atoms with Gasteiger partial charge in [0.2, 0.25) is 0 Å². The number of carbonyl (C=O) groups excluding carboxylic acids is 1. The number of hydrogen-bond acceptors (Lipinski definition) is 5. The molecule has 1 aliphatic heterocycles. The number of hydrogen-bond donors (Lipinski definition) is 0. The molecule has 1 amide bonds. The van der Waals surface area contributed by atoms with E-state index in [2.05, 4.69) is 6.92 Å². The van der Waals surface area contributed by atoms with E-state index in [-0.39, 0.29) is 29.2 Å². The second-order valence-corrected chi connectivity index (χ2v) is 10.4. The minimum absolute atomic E-state index is 0.0527. The number of aryl methyl sites for hydroxylation is 2. The molecule has 7 heteroatoms. The van der Waals surface area contributed by atoms with Crippen LogP contribution in [0.3, 0.4) is 0 Å². The Balaban J connectivity index is 1.71. The molecular formula is C24H25NO5S. The number of benzene rings is 2. The van der Waals surface area contributed by atoms with Gasteiger partial charge in [-0.1, -0.05) is 42.8 Å². The molecule has 0 radical (unpaired) electrons. The molecule has 162 valence electrons. The second kappa shape index (κ2) is 8.30. The molecule has 1 saturated heterocycles. The van der Waals surface area contributed by atoms with Gasteiger partial charge in [0.25, 0.3) is 5.91 Å². The van der Waals surface area contributed by atoms with Gasteiger partial charge < -0.3 is 9.32 Å². The Morgan fingerprint density at radius 3 is 2.45 bits per heavy atom. The third-order valence-corrected chi connectivity index (χ3v) is 7.54. The van der Waals surface area contributed by atoms with Gasteiger partial charge in [-0.25, -0.2) is 8.42 Å². The van der Waals surface area contributed by atoms with Crippen LogP contribution >= 0.6 is 0 Å². The molecule has 6 nitrogen and oxygen atoms in total. The van der Waals surface area contributed by atoms with Crippen LogP contribution < -0.4 is 5.43 Å². The Labute approximate surface area is 181 Å². The highest BCUT2D eigenvalue weighted by Crippen LogP contribution is 2.24. The summed E-state index contributed by atoms with van der Waals surface area (Å²) in [4.78, 5) is 27.6. The number of amides is 1. The predicted molar refractivity (Wildman–Crippen MR) is 120 cm³/mol.